The molecule has 0 fully saturated rings. The summed E-state index contributed by atoms with van der Waals surface area (Å²) in [6.45, 7) is 0. The van der Waals surface area contributed by atoms with Gasteiger partial charge in [-0.05, 0) is 65.9 Å². The number of aryl methyl sites for hydroxylation is 1. The number of hydrogen-bond acceptors (Lipinski definition) is 7. The van der Waals surface area contributed by atoms with E-state index in [9.17, 15) is 9.59 Å². The first-order valence-electron chi connectivity index (χ1n) is 13.2. The highest BCUT2D eigenvalue weighted by molar-refractivity contribution is 6.35. The molecule has 0 aliphatic heterocycles. The van der Waals surface area contributed by atoms with Crippen LogP contribution in [-0.4, -0.2) is 52.1 Å². The van der Waals surface area contributed by atoms with Crippen molar-refractivity contribution in [3.05, 3.63) is 81.3 Å². The summed E-state index contributed by atoms with van der Waals surface area (Å²) in [6.07, 6.45) is 1.66. The molecule has 0 aliphatic carbocycles. The molecule has 3 N–H and O–H groups in total. The molecule has 0 saturated heterocycles. The van der Waals surface area contributed by atoms with Gasteiger partial charge in [0.05, 0.1) is 34.9 Å². The van der Waals surface area contributed by atoms with Crippen LogP contribution >= 0.6 is 23.2 Å². The summed E-state index contributed by atoms with van der Waals surface area (Å²) in [6, 6.07) is 15.0. The third-order valence-electron chi connectivity index (χ3n) is 6.51. The number of benzene rings is 3. The number of hydrogen-bond donors (Lipinski definition) is 2. The van der Waals surface area contributed by atoms with E-state index in [0.717, 1.165) is 5.56 Å². The molecule has 3 aromatic carbocycles. The number of halogens is 2. The number of guanidine groups is 1. The highest BCUT2D eigenvalue weighted by atomic mass is 35.5. The van der Waals surface area contributed by atoms with E-state index in [1.54, 1.807) is 50.6 Å². The van der Waals surface area contributed by atoms with Gasteiger partial charge in [-0.2, -0.15) is 0 Å². The maximum absolute atomic E-state index is 13.4. The van der Waals surface area contributed by atoms with Gasteiger partial charge < -0.3 is 24.7 Å². The molecular weight excluding hydrogens is 581 g/mol. The molecule has 0 spiro atoms. The second kappa shape index (κ2) is 15.9. The predicted molar refractivity (Wildman–Crippen MR) is 164 cm³/mol. The van der Waals surface area contributed by atoms with Crippen molar-refractivity contribution in [1.82, 2.24) is 5.32 Å². The van der Waals surface area contributed by atoms with E-state index in [1.165, 1.54) is 14.2 Å². The number of carbonyl (C=O) groups excluding carboxylic acids is 2. The zero-order valence-corrected chi connectivity index (χ0v) is 25.6. The average molecular weight is 617 g/mol. The van der Waals surface area contributed by atoms with Crippen LogP contribution in [0.3, 0.4) is 0 Å². The first-order valence-corrected chi connectivity index (χ1v) is 13.9. The van der Waals surface area contributed by atoms with Crippen LogP contribution in [0.25, 0.3) is 0 Å². The number of Topliss-reactive ketones (excluding diaryl/α,β-unsaturated/α-hetero) is 1. The van der Waals surface area contributed by atoms with Crippen LogP contribution in [0.5, 0.6) is 23.0 Å². The second-order valence-corrected chi connectivity index (χ2v) is 10.2. The third-order valence-corrected chi connectivity index (χ3v) is 7.10. The van der Waals surface area contributed by atoms with E-state index in [-0.39, 0.29) is 31.0 Å². The minimum Gasteiger partial charge on any atom is -0.493 e. The predicted octanol–water partition coefficient (Wildman–Crippen LogP) is 5.20. The van der Waals surface area contributed by atoms with Crippen molar-refractivity contribution in [2.45, 2.75) is 38.1 Å². The molecule has 11 heteroatoms. The molecule has 1 atom stereocenters. The Balaban J connectivity index is 1.71. The van der Waals surface area contributed by atoms with Crippen LogP contribution in [0.2, 0.25) is 10.0 Å². The van der Waals surface area contributed by atoms with Gasteiger partial charge in [-0.1, -0.05) is 41.4 Å². The number of nitrogens with two attached hydrogens (primary N) is 1. The number of nitrogens with zero attached hydrogens (tertiary/aromatic N) is 1. The number of aliphatic imine (C=N–C) groups is 1. The largest absolute Gasteiger partial charge is 0.493 e. The van der Waals surface area contributed by atoms with Crippen LogP contribution in [0.4, 0.5) is 0 Å². The fourth-order valence-corrected chi connectivity index (χ4v) is 4.85. The molecule has 0 unspecified atom stereocenters. The van der Waals surface area contributed by atoms with Crippen molar-refractivity contribution in [1.29, 1.82) is 0 Å². The molecule has 9 nitrogen and oxygen atoms in total. The normalized spacial score (nSPS) is 11.9. The number of ketones is 1. The lowest BCUT2D eigenvalue weighted by Crippen LogP contribution is -2.39. The van der Waals surface area contributed by atoms with Gasteiger partial charge in [0, 0.05) is 22.9 Å². The Labute approximate surface area is 255 Å². The van der Waals surface area contributed by atoms with E-state index in [4.69, 9.17) is 47.9 Å². The maximum atomic E-state index is 13.4. The number of amides is 1. The van der Waals surface area contributed by atoms with Crippen molar-refractivity contribution in [3.8, 4) is 23.0 Å². The van der Waals surface area contributed by atoms with Gasteiger partial charge in [0.2, 0.25) is 5.91 Å². The molecular formula is C31H35Cl2N3O6. The van der Waals surface area contributed by atoms with Gasteiger partial charge in [0.25, 0.3) is 0 Å². The summed E-state index contributed by atoms with van der Waals surface area (Å²) in [4.78, 5) is 30.5. The van der Waals surface area contributed by atoms with Crippen LogP contribution < -0.4 is 30.0 Å². The maximum Gasteiger partial charge on any atom is 0.231 e. The number of carbonyl (C=O) groups is 2. The highest BCUT2D eigenvalue weighted by Crippen LogP contribution is 2.29. The van der Waals surface area contributed by atoms with Gasteiger partial charge in [0.15, 0.2) is 34.7 Å². The Morgan fingerprint density at radius 3 is 2.02 bits per heavy atom. The van der Waals surface area contributed by atoms with Crippen molar-refractivity contribution < 1.29 is 28.5 Å². The average Bonchev–Trinajstić information content (AvgIpc) is 2.97. The minimum atomic E-state index is -0.865. The lowest BCUT2D eigenvalue weighted by atomic mass is 9.98. The monoisotopic (exact) mass is 615 g/mol. The summed E-state index contributed by atoms with van der Waals surface area (Å²) >= 11 is 12.4. The molecule has 0 bridgehead atoms. The van der Waals surface area contributed by atoms with Gasteiger partial charge in [-0.3, -0.25) is 14.9 Å². The molecule has 0 aliphatic rings. The molecule has 0 heterocycles. The Bertz CT molecular complexity index is 1430. The number of methoxy groups -OCH3 is 4. The SMILES string of the molecule is COc1ccc(CCCC(=O)[C@@H](Cc2ccc(Cl)cc2Cl)N=C(N)NC(=O)Cc2ccc(OC)c(OC)c2)cc1OC. The van der Waals surface area contributed by atoms with E-state index in [2.05, 4.69) is 10.3 Å². The summed E-state index contributed by atoms with van der Waals surface area (Å²) in [5, 5.41) is 3.47. The molecule has 0 radical (unpaired) electrons. The zero-order valence-electron chi connectivity index (χ0n) is 24.0. The van der Waals surface area contributed by atoms with Gasteiger partial charge in [-0.15, -0.1) is 0 Å². The van der Waals surface area contributed by atoms with Gasteiger partial charge in [-0.25, -0.2) is 4.99 Å². The third kappa shape index (κ3) is 9.29. The Morgan fingerprint density at radius 2 is 1.43 bits per heavy atom. The van der Waals surface area contributed by atoms with E-state index >= 15 is 0 Å². The summed E-state index contributed by atoms with van der Waals surface area (Å²) in [5.41, 5.74) is 8.48. The van der Waals surface area contributed by atoms with Crippen molar-refractivity contribution >= 4 is 40.9 Å². The fraction of sp³-hybridized carbons (Fsp3) is 0.323. The van der Waals surface area contributed by atoms with E-state index in [0.29, 0.717) is 57.0 Å². The zero-order chi connectivity index (χ0) is 30.6. The quantitative estimate of drug-likeness (QED) is 0.189. The lowest BCUT2D eigenvalue weighted by molar-refractivity contribution is -0.121. The van der Waals surface area contributed by atoms with Crippen molar-refractivity contribution in [3.63, 3.8) is 0 Å². The Hall–Kier alpha value is -3.95. The molecule has 224 valence electrons. The summed E-state index contributed by atoms with van der Waals surface area (Å²) in [5.74, 6) is 1.61. The first-order chi connectivity index (χ1) is 20.2. The molecule has 0 aromatic heterocycles. The number of rotatable bonds is 14. The lowest BCUT2D eigenvalue weighted by Gasteiger charge is -2.15. The van der Waals surface area contributed by atoms with Gasteiger partial charge >= 0.3 is 0 Å². The summed E-state index contributed by atoms with van der Waals surface area (Å²) < 4.78 is 21.2. The molecule has 3 rings (SSSR count). The second-order valence-electron chi connectivity index (χ2n) is 9.39. The number of nitrogens with one attached hydrogen (secondary N) is 1. The Morgan fingerprint density at radius 1 is 0.833 bits per heavy atom. The standard InChI is InChI=1S/C31H35Cl2N3O6/c1-39-26-12-8-19(14-28(26)41-3)6-5-7-25(37)24(17-21-10-11-22(32)18-23(21)33)35-31(34)36-30(38)16-20-9-13-27(40-2)29(15-20)42-4/h8-15,18,24H,5-7,16-17H2,1-4H3,(H3,34,35,36,38)/t24-/m1/s1. The topological polar surface area (TPSA) is 121 Å². The highest BCUT2D eigenvalue weighted by Gasteiger charge is 2.21. The molecule has 0 saturated carbocycles. The van der Waals surface area contributed by atoms with Crippen LogP contribution in [0.1, 0.15) is 29.5 Å². The van der Waals surface area contributed by atoms with Gasteiger partial charge in [0.1, 0.15) is 6.04 Å². The van der Waals surface area contributed by atoms with Crippen LogP contribution in [0.15, 0.2) is 59.6 Å². The van der Waals surface area contributed by atoms with Crippen LogP contribution in [-0.2, 0) is 28.9 Å². The van der Waals surface area contributed by atoms with E-state index < -0.39 is 11.9 Å². The molecule has 42 heavy (non-hydrogen) atoms. The number of ether oxygens (including phenoxy) is 4. The molecule has 1 amide bonds. The van der Waals surface area contributed by atoms with Crippen LogP contribution in [0, 0.1) is 0 Å². The van der Waals surface area contributed by atoms with Crippen molar-refractivity contribution in [2.24, 2.45) is 10.7 Å². The fourth-order valence-electron chi connectivity index (χ4n) is 4.36. The van der Waals surface area contributed by atoms with Crippen molar-refractivity contribution in [2.75, 3.05) is 28.4 Å². The smallest absolute Gasteiger partial charge is 0.231 e. The summed E-state index contributed by atoms with van der Waals surface area (Å²) in [7, 11) is 6.21. The molecule has 3 aromatic rings. The van der Waals surface area contributed by atoms with E-state index in [1.807, 2.05) is 18.2 Å². The minimum absolute atomic E-state index is 0.0174. The first kappa shape index (κ1) is 32.6. The Kier molecular flexibility index (Phi) is 12.3.